The van der Waals surface area contributed by atoms with Crippen LogP contribution in [-0.4, -0.2) is 30.6 Å². The minimum atomic E-state index is 0.745. The summed E-state index contributed by atoms with van der Waals surface area (Å²) in [5, 5.41) is 0. The first-order valence-corrected chi connectivity index (χ1v) is 7.78. The van der Waals surface area contributed by atoms with Crippen molar-refractivity contribution in [2.75, 3.05) is 19.6 Å². The van der Waals surface area contributed by atoms with Gasteiger partial charge in [0, 0.05) is 12.6 Å². The summed E-state index contributed by atoms with van der Waals surface area (Å²) in [5.41, 5.74) is 6.61. The summed E-state index contributed by atoms with van der Waals surface area (Å²) in [5.74, 6) is 0.782. The Morgan fingerprint density at radius 1 is 1.00 bits per heavy atom. The van der Waals surface area contributed by atoms with Crippen LogP contribution in [0.2, 0.25) is 0 Å². The summed E-state index contributed by atoms with van der Waals surface area (Å²) < 4.78 is 0. The molecule has 2 N–H and O–H groups in total. The van der Waals surface area contributed by atoms with Crippen LogP contribution in [0.4, 0.5) is 0 Å². The lowest BCUT2D eigenvalue weighted by molar-refractivity contribution is -0.0666. The molecular formula is C15H28N2. The summed E-state index contributed by atoms with van der Waals surface area (Å²) in [6, 6.07) is 0.928. The highest BCUT2D eigenvalue weighted by atomic mass is 15.2. The molecule has 0 bridgehead atoms. The zero-order valence-electron chi connectivity index (χ0n) is 11.2. The number of nitrogens with two attached hydrogens (primary N) is 1. The molecule has 2 nitrogen and oxygen atoms in total. The van der Waals surface area contributed by atoms with E-state index in [2.05, 4.69) is 4.90 Å². The van der Waals surface area contributed by atoms with Crippen molar-refractivity contribution in [2.45, 2.75) is 63.8 Å². The maximum atomic E-state index is 5.87. The third-order valence-electron chi connectivity index (χ3n) is 5.80. The lowest BCUT2D eigenvalue weighted by Gasteiger charge is -2.57. The molecule has 2 atom stereocenters. The maximum absolute atomic E-state index is 5.87. The molecule has 1 spiro atoms. The highest BCUT2D eigenvalue weighted by molar-refractivity contribution is 5.03. The van der Waals surface area contributed by atoms with E-state index in [1.54, 1.807) is 0 Å². The Bertz CT molecular complexity index is 258. The molecule has 98 valence electrons. The molecule has 3 rings (SSSR count). The second kappa shape index (κ2) is 4.89. The van der Waals surface area contributed by atoms with Crippen LogP contribution < -0.4 is 5.73 Å². The summed E-state index contributed by atoms with van der Waals surface area (Å²) >= 11 is 0. The molecule has 2 saturated carbocycles. The van der Waals surface area contributed by atoms with Gasteiger partial charge >= 0.3 is 0 Å². The highest BCUT2D eigenvalue weighted by Gasteiger charge is 2.49. The van der Waals surface area contributed by atoms with Gasteiger partial charge in [0.2, 0.25) is 0 Å². The Balaban J connectivity index is 1.63. The van der Waals surface area contributed by atoms with Crippen molar-refractivity contribution in [3.8, 4) is 0 Å². The van der Waals surface area contributed by atoms with Crippen molar-refractivity contribution >= 4 is 0 Å². The molecule has 17 heavy (non-hydrogen) atoms. The topological polar surface area (TPSA) is 29.3 Å². The minimum Gasteiger partial charge on any atom is -0.330 e. The lowest BCUT2D eigenvalue weighted by Crippen LogP contribution is -2.58. The third kappa shape index (κ3) is 2.15. The van der Waals surface area contributed by atoms with Crippen LogP contribution in [0.5, 0.6) is 0 Å². The standard InChI is InChI=1S/C15H28N2/c16-11-13-5-4-10-17(12-13)14-6-9-15(14)7-2-1-3-8-15/h13-14H,1-12,16H2. The zero-order chi connectivity index (χ0) is 11.7. The molecule has 2 unspecified atom stereocenters. The molecule has 0 aromatic heterocycles. The maximum Gasteiger partial charge on any atom is 0.0152 e. The van der Waals surface area contributed by atoms with Gasteiger partial charge in [-0.1, -0.05) is 19.3 Å². The number of likely N-dealkylation sites (tertiary alicyclic amines) is 1. The van der Waals surface area contributed by atoms with Gasteiger partial charge in [0.15, 0.2) is 0 Å². The first-order valence-electron chi connectivity index (χ1n) is 7.78. The fourth-order valence-corrected chi connectivity index (χ4v) is 4.66. The molecular weight excluding hydrogens is 208 g/mol. The number of hydrogen-bond acceptors (Lipinski definition) is 2. The van der Waals surface area contributed by atoms with E-state index in [-0.39, 0.29) is 0 Å². The van der Waals surface area contributed by atoms with E-state index in [1.807, 2.05) is 0 Å². The quantitative estimate of drug-likeness (QED) is 0.799. The average Bonchev–Trinajstić information content (AvgIpc) is 2.39. The van der Waals surface area contributed by atoms with Gasteiger partial charge in [-0.3, -0.25) is 4.90 Å². The van der Waals surface area contributed by atoms with Crippen LogP contribution in [0, 0.1) is 11.3 Å². The molecule has 3 aliphatic rings. The fraction of sp³-hybridized carbons (Fsp3) is 1.00. The van der Waals surface area contributed by atoms with Crippen LogP contribution in [0.25, 0.3) is 0 Å². The largest absolute Gasteiger partial charge is 0.330 e. The predicted octanol–water partition coefficient (Wildman–Crippen LogP) is 2.77. The molecule has 0 aromatic rings. The molecule has 0 aromatic carbocycles. The Morgan fingerprint density at radius 2 is 1.82 bits per heavy atom. The Hall–Kier alpha value is -0.0800. The van der Waals surface area contributed by atoms with Crippen molar-refractivity contribution in [2.24, 2.45) is 17.1 Å². The average molecular weight is 236 g/mol. The van der Waals surface area contributed by atoms with E-state index in [0.29, 0.717) is 0 Å². The van der Waals surface area contributed by atoms with Gasteiger partial charge in [0.25, 0.3) is 0 Å². The monoisotopic (exact) mass is 236 g/mol. The predicted molar refractivity (Wildman–Crippen MR) is 71.9 cm³/mol. The third-order valence-corrected chi connectivity index (χ3v) is 5.80. The fourth-order valence-electron chi connectivity index (χ4n) is 4.66. The van der Waals surface area contributed by atoms with Gasteiger partial charge < -0.3 is 5.73 Å². The van der Waals surface area contributed by atoms with Crippen LogP contribution in [0.3, 0.4) is 0 Å². The normalized spacial score (nSPS) is 37.9. The molecule has 1 saturated heterocycles. The lowest BCUT2D eigenvalue weighted by atomic mass is 9.56. The molecule has 0 radical (unpaired) electrons. The van der Waals surface area contributed by atoms with Gasteiger partial charge in [-0.05, 0) is 62.9 Å². The number of hydrogen-bond donors (Lipinski definition) is 1. The van der Waals surface area contributed by atoms with Crippen molar-refractivity contribution in [3.05, 3.63) is 0 Å². The summed E-state index contributed by atoms with van der Waals surface area (Å²) in [6.45, 7) is 3.54. The second-order valence-corrected chi connectivity index (χ2v) is 6.72. The van der Waals surface area contributed by atoms with Crippen molar-refractivity contribution in [1.82, 2.24) is 4.90 Å². The van der Waals surface area contributed by atoms with Gasteiger partial charge in [-0.25, -0.2) is 0 Å². The van der Waals surface area contributed by atoms with Crippen LogP contribution >= 0.6 is 0 Å². The van der Waals surface area contributed by atoms with E-state index in [1.165, 1.54) is 70.9 Å². The molecule has 2 aliphatic carbocycles. The summed E-state index contributed by atoms with van der Waals surface area (Å²) in [6.07, 6.45) is 13.2. The molecule has 0 amide bonds. The minimum absolute atomic E-state index is 0.745. The van der Waals surface area contributed by atoms with Crippen LogP contribution in [0.15, 0.2) is 0 Å². The number of nitrogens with zero attached hydrogens (tertiary/aromatic N) is 1. The van der Waals surface area contributed by atoms with Gasteiger partial charge in [-0.2, -0.15) is 0 Å². The van der Waals surface area contributed by atoms with Crippen LogP contribution in [-0.2, 0) is 0 Å². The van der Waals surface area contributed by atoms with Crippen molar-refractivity contribution in [3.63, 3.8) is 0 Å². The Labute approximate surface area is 106 Å². The number of piperidine rings is 1. The van der Waals surface area contributed by atoms with Crippen molar-refractivity contribution < 1.29 is 0 Å². The van der Waals surface area contributed by atoms with Gasteiger partial charge in [0.05, 0.1) is 0 Å². The smallest absolute Gasteiger partial charge is 0.0152 e. The van der Waals surface area contributed by atoms with E-state index in [9.17, 15) is 0 Å². The summed E-state index contributed by atoms with van der Waals surface area (Å²) in [4.78, 5) is 2.82. The van der Waals surface area contributed by atoms with E-state index in [4.69, 9.17) is 5.73 Å². The first kappa shape index (κ1) is 12.0. The SMILES string of the molecule is NCC1CCCN(C2CCC23CCCCC3)C1. The van der Waals surface area contributed by atoms with Gasteiger partial charge in [0.1, 0.15) is 0 Å². The van der Waals surface area contributed by atoms with Gasteiger partial charge in [-0.15, -0.1) is 0 Å². The zero-order valence-corrected chi connectivity index (χ0v) is 11.2. The second-order valence-electron chi connectivity index (χ2n) is 6.72. The molecule has 1 aliphatic heterocycles. The summed E-state index contributed by atoms with van der Waals surface area (Å²) in [7, 11) is 0. The highest BCUT2D eigenvalue weighted by Crippen LogP contribution is 2.54. The molecule has 2 heteroatoms. The van der Waals surface area contributed by atoms with Crippen molar-refractivity contribution in [1.29, 1.82) is 0 Å². The Kier molecular flexibility index (Phi) is 3.45. The Morgan fingerprint density at radius 3 is 2.47 bits per heavy atom. The first-order chi connectivity index (χ1) is 8.34. The van der Waals surface area contributed by atoms with Crippen LogP contribution in [0.1, 0.15) is 57.8 Å². The molecule has 1 heterocycles. The van der Waals surface area contributed by atoms with E-state index in [0.717, 1.165) is 23.9 Å². The number of rotatable bonds is 2. The molecule has 3 fully saturated rings. The van der Waals surface area contributed by atoms with E-state index >= 15 is 0 Å². The van der Waals surface area contributed by atoms with E-state index < -0.39 is 0 Å².